The highest BCUT2D eigenvalue weighted by Crippen LogP contribution is 2.12. The molecule has 0 spiro atoms. The van der Waals surface area contributed by atoms with Gasteiger partial charge in [0.15, 0.2) is 0 Å². The molecule has 1 nitrogen and oxygen atoms in total. The fraction of sp³-hybridized carbons (Fsp3) is 0.647. The largest absolute Gasteiger partial charge is 0.314 e. The van der Waals surface area contributed by atoms with E-state index in [0.29, 0.717) is 12.0 Å². The normalized spacial score (nSPS) is 12.9. The Balaban J connectivity index is 2.44. The SMILES string of the molecule is CCCNC(CCc1ccc(CC)cc1)C(C)C. The van der Waals surface area contributed by atoms with Crippen molar-refractivity contribution in [3.8, 4) is 0 Å². The van der Waals surface area contributed by atoms with Gasteiger partial charge in [-0.3, -0.25) is 0 Å². The van der Waals surface area contributed by atoms with E-state index in [-0.39, 0.29) is 0 Å². The molecule has 102 valence electrons. The molecule has 1 N–H and O–H groups in total. The lowest BCUT2D eigenvalue weighted by Crippen LogP contribution is -2.34. The molecule has 1 heteroatoms. The van der Waals surface area contributed by atoms with Crippen molar-refractivity contribution in [3.63, 3.8) is 0 Å². The molecule has 0 amide bonds. The van der Waals surface area contributed by atoms with Gasteiger partial charge in [-0.1, -0.05) is 52.0 Å². The Morgan fingerprint density at radius 3 is 2.11 bits per heavy atom. The van der Waals surface area contributed by atoms with Crippen molar-refractivity contribution in [3.05, 3.63) is 35.4 Å². The molecule has 0 aliphatic heterocycles. The smallest absolute Gasteiger partial charge is 0.00932 e. The summed E-state index contributed by atoms with van der Waals surface area (Å²) in [5.41, 5.74) is 2.90. The monoisotopic (exact) mass is 247 g/mol. The molecule has 0 aliphatic carbocycles. The summed E-state index contributed by atoms with van der Waals surface area (Å²) in [5, 5.41) is 3.66. The predicted octanol–water partition coefficient (Wildman–Crippen LogP) is 4.21. The summed E-state index contributed by atoms with van der Waals surface area (Å²) in [4.78, 5) is 0. The maximum Gasteiger partial charge on any atom is 0.00932 e. The maximum atomic E-state index is 3.66. The van der Waals surface area contributed by atoms with E-state index in [1.54, 1.807) is 0 Å². The number of nitrogens with one attached hydrogen (secondary N) is 1. The molecule has 0 aliphatic rings. The Bertz CT molecular complexity index is 313. The van der Waals surface area contributed by atoms with Crippen LogP contribution in [0.15, 0.2) is 24.3 Å². The van der Waals surface area contributed by atoms with E-state index in [1.807, 2.05) is 0 Å². The lowest BCUT2D eigenvalue weighted by atomic mass is 9.96. The van der Waals surface area contributed by atoms with Crippen LogP contribution in [0.4, 0.5) is 0 Å². The van der Waals surface area contributed by atoms with Crippen LogP contribution in [0.5, 0.6) is 0 Å². The molecule has 0 radical (unpaired) electrons. The number of hydrogen-bond acceptors (Lipinski definition) is 1. The quantitative estimate of drug-likeness (QED) is 0.726. The van der Waals surface area contributed by atoms with Crippen LogP contribution in [0.3, 0.4) is 0 Å². The van der Waals surface area contributed by atoms with Crippen molar-refractivity contribution >= 4 is 0 Å². The molecule has 0 fully saturated rings. The van der Waals surface area contributed by atoms with Gasteiger partial charge in [-0.25, -0.2) is 0 Å². The molecule has 1 aromatic carbocycles. The zero-order valence-electron chi connectivity index (χ0n) is 12.5. The van der Waals surface area contributed by atoms with Crippen LogP contribution in [0.2, 0.25) is 0 Å². The molecule has 1 unspecified atom stereocenters. The minimum Gasteiger partial charge on any atom is -0.314 e. The average molecular weight is 247 g/mol. The Morgan fingerprint density at radius 2 is 1.61 bits per heavy atom. The average Bonchev–Trinajstić information content (AvgIpc) is 2.39. The van der Waals surface area contributed by atoms with Crippen LogP contribution in [0.1, 0.15) is 51.7 Å². The van der Waals surface area contributed by atoms with Crippen molar-refractivity contribution < 1.29 is 0 Å². The molecular weight excluding hydrogens is 218 g/mol. The molecule has 0 saturated heterocycles. The predicted molar refractivity (Wildman–Crippen MR) is 81.1 cm³/mol. The highest BCUT2D eigenvalue weighted by Gasteiger charge is 2.11. The van der Waals surface area contributed by atoms with Crippen molar-refractivity contribution in [2.75, 3.05) is 6.54 Å². The van der Waals surface area contributed by atoms with Crippen LogP contribution in [0, 0.1) is 5.92 Å². The third-order valence-corrected chi connectivity index (χ3v) is 3.64. The third-order valence-electron chi connectivity index (χ3n) is 3.64. The van der Waals surface area contributed by atoms with E-state index >= 15 is 0 Å². The zero-order valence-corrected chi connectivity index (χ0v) is 12.5. The van der Waals surface area contributed by atoms with E-state index in [2.05, 4.69) is 57.3 Å². The zero-order chi connectivity index (χ0) is 13.4. The van der Waals surface area contributed by atoms with E-state index in [0.717, 1.165) is 13.0 Å². The first-order chi connectivity index (χ1) is 8.67. The molecule has 1 aromatic rings. The molecule has 0 heterocycles. The van der Waals surface area contributed by atoms with Gasteiger partial charge in [0.1, 0.15) is 0 Å². The number of hydrogen-bond donors (Lipinski definition) is 1. The number of aryl methyl sites for hydroxylation is 2. The topological polar surface area (TPSA) is 12.0 Å². The van der Waals surface area contributed by atoms with Gasteiger partial charge in [-0.15, -0.1) is 0 Å². The van der Waals surface area contributed by atoms with Gasteiger partial charge in [0.2, 0.25) is 0 Å². The molecule has 18 heavy (non-hydrogen) atoms. The van der Waals surface area contributed by atoms with E-state index in [1.165, 1.54) is 30.4 Å². The Hall–Kier alpha value is -0.820. The molecule has 0 bridgehead atoms. The first-order valence-corrected chi connectivity index (χ1v) is 7.48. The van der Waals surface area contributed by atoms with E-state index in [9.17, 15) is 0 Å². The third kappa shape index (κ3) is 5.22. The van der Waals surface area contributed by atoms with E-state index in [4.69, 9.17) is 0 Å². The molecule has 0 aromatic heterocycles. The Morgan fingerprint density at radius 1 is 1.00 bits per heavy atom. The van der Waals surface area contributed by atoms with Gasteiger partial charge in [-0.05, 0) is 49.3 Å². The highest BCUT2D eigenvalue weighted by atomic mass is 14.9. The second-order valence-electron chi connectivity index (χ2n) is 5.51. The highest BCUT2D eigenvalue weighted by molar-refractivity contribution is 5.22. The Labute approximate surface area is 113 Å². The molecule has 1 atom stereocenters. The second kappa shape index (κ2) is 8.31. The standard InChI is InChI=1S/C17H29N/c1-5-13-18-17(14(3)4)12-11-16-9-7-15(6-2)8-10-16/h7-10,14,17-18H,5-6,11-13H2,1-4H3. The van der Waals surface area contributed by atoms with Gasteiger partial charge in [-0.2, -0.15) is 0 Å². The minimum atomic E-state index is 0.649. The van der Waals surface area contributed by atoms with Gasteiger partial charge in [0.25, 0.3) is 0 Å². The van der Waals surface area contributed by atoms with Gasteiger partial charge >= 0.3 is 0 Å². The second-order valence-corrected chi connectivity index (χ2v) is 5.51. The van der Waals surface area contributed by atoms with Crippen molar-refractivity contribution in [1.29, 1.82) is 0 Å². The van der Waals surface area contributed by atoms with Gasteiger partial charge < -0.3 is 5.32 Å². The summed E-state index contributed by atoms with van der Waals surface area (Å²) < 4.78 is 0. The Kier molecular flexibility index (Phi) is 7.04. The minimum absolute atomic E-state index is 0.649. The van der Waals surface area contributed by atoms with Crippen LogP contribution in [-0.2, 0) is 12.8 Å². The van der Waals surface area contributed by atoms with Crippen LogP contribution in [-0.4, -0.2) is 12.6 Å². The fourth-order valence-electron chi connectivity index (χ4n) is 2.26. The summed E-state index contributed by atoms with van der Waals surface area (Å²) in [7, 11) is 0. The summed E-state index contributed by atoms with van der Waals surface area (Å²) in [6.45, 7) is 10.2. The maximum absolute atomic E-state index is 3.66. The van der Waals surface area contributed by atoms with Crippen molar-refractivity contribution in [2.24, 2.45) is 5.92 Å². The summed E-state index contributed by atoms with van der Waals surface area (Å²) in [5.74, 6) is 0.714. The molecule has 1 rings (SSSR count). The molecule has 0 saturated carbocycles. The van der Waals surface area contributed by atoms with Gasteiger partial charge in [0.05, 0.1) is 0 Å². The van der Waals surface area contributed by atoms with Crippen LogP contribution < -0.4 is 5.32 Å². The first-order valence-electron chi connectivity index (χ1n) is 7.48. The van der Waals surface area contributed by atoms with Crippen molar-refractivity contribution in [2.45, 2.75) is 59.4 Å². The van der Waals surface area contributed by atoms with Crippen LogP contribution >= 0.6 is 0 Å². The lowest BCUT2D eigenvalue weighted by Gasteiger charge is -2.22. The number of benzene rings is 1. The van der Waals surface area contributed by atoms with Crippen molar-refractivity contribution in [1.82, 2.24) is 5.32 Å². The summed E-state index contributed by atoms with van der Waals surface area (Å²) >= 11 is 0. The van der Waals surface area contributed by atoms with Gasteiger partial charge in [0, 0.05) is 6.04 Å². The first kappa shape index (κ1) is 15.2. The summed E-state index contributed by atoms with van der Waals surface area (Å²) in [6.07, 6.45) is 4.77. The van der Waals surface area contributed by atoms with Crippen LogP contribution in [0.25, 0.3) is 0 Å². The summed E-state index contributed by atoms with van der Waals surface area (Å²) in [6, 6.07) is 9.75. The lowest BCUT2D eigenvalue weighted by molar-refractivity contribution is 0.378. The fourth-order valence-corrected chi connectivity index (χ4v) is 2.26. The number of rotatable bonds is 8. The molecular formula is C17H29N. The van der Waals surface area contributed by atoms with E-state index < -0.39 is 0 Å².